The Morgan fingerprint density at radius 2 is 1.54 bits per heavy atom. The Bertz CT molecular complexity index is 1210. The van der Waals surface area contributed by atoms with E-state index in [1.54, 1.807) is 7.11 Å². The summed E-state index contributed by atoms with van der Waals surface area (Å²) < 4.78 is 5.30. The molecule has 3 heterocycles. The number of likely N-dealkylation sites (N-methyl/N-ethyl adjacent to an activating group) is 1. The van der Waals surface area contributed by atoms with Gasteiger partial charge in [-0.15, -0.1) is 10.2 Å². The molecule has 0 radical (unpaired) electrons. The number of methoxy groups -OCH3 is 1. The Balaban J connectivity index is 0.000000314. The highest BCUT2D eigenvalue weighted by Gasteiger charge is 2.37. The quantitative estimate of drug-likeness (QED) is 0.535. The van der Waals surface area contributed by atoms with Crippen LogP contribution in [0.4, 0.5) is 5.82 Å². The number of benzene rings is 2. The van der Waals surface area contributed by atoms with Crippen LogP contribution in [0, 0.1) is 0 Å². The van der Waals surface area contributed by atoms with Gasteiger partial charge < -0.3 is 19.8 Å². The summed E-state index contributed by atoms with van der Waals surface area (Å²) in [6.07, 6.45) is 3.71. The number of fused-ring (bicyclic) bond motifs is 3. The Morgan fingerprint density at radius 3 is 2.11 bits per heavy atom. The predicted octanol–water partition coefficient (Wildman–Crippen LogP) is 3.30. The average Bonchev–Trinajstić information content (AvgIpc) is 3.06. The van der Waals surface area contributed by atoms with E-state index in [9.17, 15) is 9.59 Å². The molecule has 2 aliphatic rings. The molecular weight excluding hydrogens is 448 g/mol. The number of hydrogen-bond donors (Lipinski definition) is 2. The second-order valence-electron chi connectivity index (χ2n) is 8.67. The van der Waals surface area contributed by atoms with Crippen molar-refractivity contribution in [3.05, 3.63) is 60.7 Å². The van der Waals surface area contributed by atoms with Crippen molar-refractivity contribution in [2.75, 3.05) is 32.1 Å². The summed E-state index contributed by atoms with van der Waals surface area (Å²) in [5.74, 6) is -0.644. The molecule has 2 bridgehead atoms. The highest BCUT2D eigenvalue weighted by atomic mass is 16.5. The molecule has 2 saturated heterocycles. The Labute approximate surface area is 203 Å². The summed E-state index contributed by atoms with van der Waals surface area (Å²) in [6, 6.07) is 18.0. The highest BCUT2D eigenvalue weighted by Crippen LogP contribution is 2.31. The number of piperazine rings is 1. The molecule has 2 fully saturated rings. The summed E-state index contributed by atoms with van der Waals surface area (Å²) in [5, 5.41) is 27.0. The summed E-state index contributed by atoms with van der Waals surface area (Å²) in [5.41, 5.74) is 2.00. The minimum Gasteiger partial charge on any atom is -0.497 e. The van der Waals surface area contributed by atoms with Crippen molar-refractivity contribution in [1.82, 2.24) is 15.1 Å². The van der Waals surface area contributed by atoms with Crippen molar-refractivity contribution in [3.8, 4) is 17.0 Å². The number of carboxylic acids is 2. The van der Waals surface area contributed by atoms with Crippen LogP contribution in [-0.4, -0.2) is 76.6 Å². The Hall–Kier alpha value is -3.98. The Morgan fingerprint density at radius 1 is 0.914 bits per heavy atom. The lowest BCUT2D eigenvalue weighted by Crippen LogP contribution is -2.52. The van der Waals surface area contributed by atoms with Gasteiger partial charge in [-0.2, -0.15) is 0 Å². The van der Waals surface area contributed by atoms with Gasteiger partial charge in [-0.1, -0.05) is 18.2 Å². The first-order valence-electron chi connectivity index (χ1n) is 11.4. The zero-order valence-corrected chi connectivity index (χ0v) is 19.7. The maximum absolute atomic E-state index is 9.55. The number of carboxylic acid groups (broad SMARTS) is 2. The van der Waals surface area contributed by atoms with E-state index in [1.165, 1.54) is 18.2 Å². The zero-order chi connectivity index (χ0) is 24.9. The SMILES string of the molecule is COc1ccc2cc(-c3ccc(N4CC5CCC(C4)N5C)nn3)ccc2c1.O=C(O)/C=C/C(=O)O. The number of nitrogens with zero attached hydrogens (tertiary/aromatic N) is 4. The van der Waals surface area contributed by atoms with E-state index in [0.29, 0.717) is 24.2 Å². The summed E-state index contributed by atoms with van der Waals surface area (Å²) >= 11 is 0. The van der Waals surface area contributed by atoms with Crippen LogP contribution in [0.3, 0.4) is 0 Å². The molecule has 3 aromatic rings. The predicted molar refractivity (Wildman–Crippen MR) is 133 cm³/mol. The first kappa shape index (κ1) is 24.2. The van der Waals surface area contributed by atoms with Crippen LogP contribution in [-0.2, 0) is 9.59 Å². The van der Waals surface area contributed by atoms with Gasteiger partial charge in [-0.3, -0.25) is 4.90 Å². The van der Waals surface area contributed by atoms with Gasteiger partial charge in [0.05, 0.1) is 12.8 Å². The summed E-state index contributed by atoms with van der Waals surface area (Å²) in [4.78, 5) is 24.0. The van der Waals surface area contributed by atoms with Gasteiger partial charge in [0, 0.05) is 42.9 Å². The Kier molecular flexibility index (Phi) is 7.26. The molecule has 35 heavy (non-hydrogen) atoms. The zero-order valence-electron chi connectivity index (χ0n) is 19.7. The highest BCUT2D eigenvalue weighted by molar-refractivity contribution is 5.89. The average molecular weight is 477 g/mol. The lowest BCUT2D eigenvalue weighted by molar-refractivity contribution is -0.134. The van der Waals surface area contributed by atoms with E-state index in [-0.39, 0.29) is 0 Å². The van der Waals surface area contributed by atoms with E-state index in [1.807, 2.05) is 6.07 Å². The second kappa shape index (κ2) is 10.5. The maximum Gasteiger partial charge on any atom is 0.328 e. The number of aliphatic carboxylic acids is 2. The van der Waals surface area contributed by atoms with E-state index in [2.05, 4.69) is 69.5 Å². The van der Waals surface area contributed by atoms with E-state index >= 15 is 0 Å². The molecule has 2 aliphatic heterocycles. The minimum atomic E-state index is -1.26. The molecular formula is C26H28N4O5. The van der Waals surface area contributed by atoms with Gasteiger partial charge in [-0.25, -0.2) is 9.59 Å². The van der Waals surface area contributed by atoms with Crippen molar-refractivity contribution >= 4 is 28.5 Å². The normalized spacial score (nSPS) is 19.4. The third-order valence-corrected chi connectivity index (χ3v) is 6.53. The molecule has 5 rings (SSSR count). The molecule has 2 atom stereocenters. The number of aromatic nitrogens is 2. The summed E-state index contributed by atoms with van der Waals surface area (Å²) in [7, 11) is 3.95. The van der Waals surface area contributed by atoms with Gasteiger partial charge >= 0.3 is 11.9 Å². The van der Waals surface area contributed by atoms with Gasteiger partial charge in [-0.05, 0) is 61.0 Å². The van der Waals surface area contributed by atoms with E-state index in [4.69, 9.17) is 14.9 Å². The van der Waals surface area contributed by atoms with Gasteiger partial charge in [0.1, 0.15) is 5.75 Å². The van der Waals surface area contributed by atoms with Crippen molar-refractivity contribution in [2.45, 2.75) is 24.9 Å². The molecule has 9 nitrogen and oxygen atoms in total. The van der Waals surface area contributed by atoms with E-state index in [0.717, 1.165) is 41.3 Å². The molecule has 0 aliphatic carbocycles. The van der Waals surface area contributed by atoms with Gasteiger partial charge in [0.2, 0.25) is 0 Å². The van der Waals surface area contributed by atoms with Crippen LogP contribution < -0.4 is 9.64 Å². The van der Waals surface area contributed by atoms with Crippen LogP contribution in [0.2, 0.25) is 0 Å². The van der Waals surface area contributed by atoms with E-state index < -0.39 is 11.9 Å². The second-order valence-corrected chi connectivity index (χ2v) is 8.67. The third-order valence-electron chi connectivity index (χ3n) is 6.53. The lowest BCUT2D eigenvalue weighted by Gasteiger charge is -2.39. The number of hydrogen-bond acceptors (Lipinski definition) is 7. The first-order valence-corrected chi connectivity index (χ1v) is 11.4. The summed E-state index contributed by atoms with van der Waals surface area (Å²) in [6.45, 7) is 2.11. The largest absolute Gasteiger partial charge is 0.497 e. The monoisotopic (exact) mass is 476 g/mol. The fourth-order valence-corrected chi connectivity index (χ4v) is 4.60. The molecule has 0 saturated carbocycles. The van der Waals surface area contributed by atoms with Crippen LogP contribution >= 0.6 is 0 Å². The van der Waals surface area contributed by atoms with Crippen LogP contribution in [0.5, 0.6) is 5.75 Å². The van der Waals surface area contributed by atoms with Gasteiger partial charge in [0.25, 0.3) is 0 Å². The molecule has 2 N–H and O–H groups in total. The number of anilines is 1. The van der Waals surface area contributed by atoms with Gasteiger partial charge in [0.15, 0.2) is 5.82 Å². The minimum absolute atomic E-state index is 0.558. The van der Waals surface area contributed by atoms with Crippen molar-refractivity contribution in [1.29, 1.82) is 0 Å². The molecule has 1 aromatic heterocycles. The number of rotatable bonds is 5. The smallest absolute Gasteiger partial charge is 0.328 e. The van der Waals surface area contributed by atoms with Crippen molar-refractivity contribution < 1.29 is 24.5 Å². The molecule has 0 amide bonds. The topological polar surface area (TPSA) is 116 Å². The van der Waals surface area contributed by atoms with Crippen LogP contribution in [0.1, 0.15) is 12.8 Å². The molecule has 0 spiro atoms. The fourth-order valence-electron chi connectivity index (χ4n) is 4.60. The standard InChI is InChI=1S/C22H24N4O.C4H4O4/c1-25-18-6-7-19(25)14-26(13-18)22-10-9-21(23-24-22)17-4-3-16-12-20(27-2)8-5-15(16)11-17;5-3(6)1-2-4(7)8/h3-5,8-12,18-19H,6-7,13-14H2,1-2H3;1-2H,(H,5,6)(H,7,8)/b;2-1+. The van der Waals surface area contributed by atoms with Crippen molar-refractivity contribution in [2.24, 2.45) is 0 Å². The number of carbonyl (C=O) groups is 2. The molecule has 9 heteroatoms. The van der Waals surface area contributed by atoms with Crippen molar-refractivity contribution in [3.63, 3.8) is 0 Å². The molecule has 2 aromatic carbocycles. The first-order chi connectivity index (χ1) is 16.8. The van der Waals surface area contributed by atoms with Crippen LogP contribution in [0.15, 0.2) is 60.7 Å². The van der Waals surface area contributed by atoms with Crippen LogP contribution in [0.25, 0.3) is 22.0 Å². The molecule has 2 unspecified atom stereocenters. The third kappa shape index (κ3) is 5.75. The lowest BCUT2D eigenvalue weighted by atomic mass is 10.0. The fraction of sp³-hybridized carbons (Fsp3) is 0.308. The molecule has 182 valence electrons. The maximum atomic E-state index is 9.55. The number of ether oxygens (including phenoxy) is 1.